The van der Waals surface area contributed by atoms with E-state index in [0.29, 0.717) is 27.6 Å². The molecule has 4 atom stereocenters. The summed E-state index contributed by atoms with van der Waals surface area (Å²) >= 11 is 3.75. The van der Waals surface area contributed by atoms with Gasteiger partial charge in [0.15, 0.2) is 0 Å². The predicted molar refractivity (Wildman–Crippen MR) is 88.3 cm³/mol. The van der Waals surface area contributed by atoms with E-state index in [9.17, 15) is 4.79 Å². The van der Waals surface area contributed by atoms with Crippen molar-refractivity contribution in [2.45, 2.75) is 82.5 Å². The number of alkyl halides is 1. The van der Waals surface area contributed by atoms with Crippen LogP contribution in [0.2, 0.25) is 0 Å². The van der Waals surface area contributed by atoms with Crippen molar-refractivity contribution in [1.82, 2.24) is 5.32 Å². The van der Waals surface area contributed by atoms with Gasteiger partial charge in [0.1, 0.15) is 0 Å². The average Bonchev–Trinajstić information content (AvgIpc) is 2.70. The van der Waals surface area contributed by atoms with Gasteiger partial charge >= 0.3 is 0 Å². The van der Waals surface area contributed by atoms with Gasteiger partial charge in [0.2, 0.25) is 5.91 Å². The molecule has 0 radical (unpaired) electrons. The van der Waals surface area contributed by atoms with E-state index in [2.05, 4.69) is 35.1 Å². The minimum absolute atomic E-state index is 0.0434. The third-order valence-electron chi connectivity index (χ3n) is 6.86. The van der Waals surface area contributed by atoms with Crippen LogP contribution in [0.4, 0.5) is 0 Å². The van der Waals surface area contributed by atoms with Crippen LogP contribution < -0.4 is 5.32 Å². The van der Waals surface area contributed by atoms with Crippen molar-refractivity contribution in [3.8, 4) is 0 Å². The zero-order valence-electron chi connectivity index (χ0n) is 13.4. The van der Waals surface area contributed by atoms with Crippen molar-refractivity contribution in [2.75, 3.05) is 0 Å². The smallest absolute Gasteiger partial charge is 0.226 e. The summed E-state index contributed by atoms with van der Waals surface area (Å²) in [6, 6.07) is 0.367. The third kappa shape index (κ3) is 2.29. The zero-order valence-corrected chi connectivity index (χ0v) is 15.0. The van der Waals surface area contributed by atoms with Crippen molar-refractivity contribution in [2.24, 2.45) is 22.2 Å². The monoisotopic (exact) mass is 353 g/mol. The summed E-state index contributed by atoms with van der Waals surface area (Å²) in [7, 11) is 0. The maximum absolute atomic E-state index is 13.2. The summed E-state index contributed by atoms with van der Waals surface area (Å²) in [5, 5.41) is 3.43. The molecule has 118 valence electrons. The molecule has 5 fully saturated rings. The van der Waals surface area contributed by atoms with Gasteiger partial charge < -0.3 is 5.32 Å². The second kappa shape index (κ2) is 4.49. The Labute approximate surface area is 136 Å². The molecular formula is C18H28BrNO. The maximum Gasteiger partial charge on any atom is 0.226 e. The Bertz CT molecular complexity index is 458. The van der Waals surface area contributed by atoms with E-state index in [4.69, 9.17) is 0 Å². The fourth-order valence-electron chi connectivity index (χ4n) is 7.10. The molecule has 4 bridgehead atoms. The van der Waals surface area contributed by atoms with Gasteiger partial charge in [0.25, 0.3) is 0 Å². The van der Waals surface area contributed by atoms with E-state index < -0.39 is 0 Å². The number of carbonyl (C=O) groups is 1. The number of hydrogen-bond acceptors (Lipinski definition) is 1. The van der Waals surface area contributed by atoms with Gasteiger partial charge in [-0.15, -0.1) is 0 Å². The van der Waals surface area contributed by atoms with E-state index in [1.54, 1.807) is 0 Å². The summed E-state index contributed by atoms with van der Waals surface area (Å²) in [5.41, 5.74) is 0.808. The second-order valence-corrected chi connectivity index (χ2v) is 10.6. The Hall–Kier alpha value is -0.0500. The fourth-order valence-corrected chi connectivity index (χ4v) is 7.82. The molecule has 0 aromatic rings. The number of carbonyl (C=O) groups excluding carboxylic acids is 1. The summed E-state index contributed by atoms with van der Waals surface area (Å²) in [5.74, 6) is 1.19. The molecule has 2 nitrogen and oxygen atoms in total. The van der Waals surface area contributed by atoms with Crippen LogP contribution in [0.1, 0.15) is 71.6 Å². The van der Waals surface area contributed by atoms with Crippen LogP contribution in [-0.2, 0) is 4.79 Å². The Morgan fingerprint density at radius 2 is 1.71 bits per heavy atom. The van der Waals surface area contributed by atoms with Crippen LogP contribution in [-0.4, -0.2) is 16.8 Å². The van der Waals surface area contributed by atoms with Gasteiger partial charge in [0.05, 0.1) is 5.41 Å². The van der Waals surface area contributed by atoms with E-state index in [1.807, 2.05) is 0 Å². The largest absolute Gasteiger partial charge is 0.352 e. The van der Waals surface area contributed by atoms with Crippen LogP contribution in [0.3, 0.4) is 0 Å². The summed E-state index contributed by atoms with van der Waals surface area (Å²) in [6.45, 7) is 4.89. The lowest BCUT2D eigenvalue weighted by Crippen LogP contribution is -2.61. The maximum atomic E-state index is 13.2. The number of amides is 1. The Kier molecular flexibility index (Phi) is 3.11. The highest BCUT2D eigenvalue weighted by Gasteiger charge is 2.62. The van der Waals surface area contributed by atoms with Crippen LogP contribution >= 0.6 is 15.9 Å². The van der Waals surface area contributed by atoms with E-state index in [-0.39, 0.29) is 5.41 Å². The van der Waals surface area contributed by atoms with Crippen molar-refractivity contribution >= 4 is 21.8 Å². The molecule has 0 spiro atoms. The molecule has 5 saturated carbocycles. The Balaban J connectivity index is 1.57. The number of nitrogens with one attached hydrogen (secondary N) is 1. The van der Waals surface area contributed by atoms with Crippen molar-refractivity contribution < 1.29 is 4.79 Å². The standard InChI is InChI=1S/C18H28BrNO/c1-16-6-12-7-17(2,9-16)11-18(8-12,10-16)15(21)20-14-5-3-4-13(14)19/h12-14H,3-11H2,1-2H3,(H,20,21). The third-order valence-corrected chi connectivity index (χ3v) is 7.95. The lowest BCUT2D eigenvalue weighted by molar-refractivity contribution is -0.170. The average molecular weight is 354 g/mol. The van der Waals surface area contributed by atoms with Crippen molar-refractivity contribution in [3.05, 3.63) is 0 Å². The summed E-state index contributed by atoms with van der Waals surface area (Å²) in [4.78, 5) is 13.6. The molecule has 0 aliphatic heterocycles. The molecular weight excluding hydrogens is 326 g/mol. The molecule has 0 aromatic heterocycles. The molecule has 5 rings (SSSR count). The molecule has 5 aliphatic carbocycles. The first kappa shape index (κ1) is 14.5. The first-order valence-electron chi connectivity index (χ1n) is 8.77. The van der Waals surface area contributed by atoms with E-state index in [1.165, 1.54) is 32.1 Å². The van der Waals surface area contributed by atoms with Gasteiger partial charge in [-0.2, -0.15) is 0 Å². The molecule has 21 heavy (non-hydrogen) atoms. The lowest BCUT2D eigenvalue weighted by Gasteiger charge is -2.64. The molecule has 0 saturated heterocycles. The minimum atomic E-state index is -0.0434. The van der Waals surface area contributed by atoms with Crippen LogP contribution in [0.15, 0.2) is 0 Å². The highest BCUT2D eigenvalue weighted by atomic mass is 79.9. The zero-order chi connectivity index (χ0) is 14.9. The molecule has 0 heterocycles. The van der Waals surface area contributed by atoms with Gasteiger partial charge in [-0.1, -0.05) is 36.2 Å². The summed E-state index contributed by atoms with van der Waals surface area (Å²) in [6.07, 6.45) is 11.1. The first-order chi connectivity index (χ1) is 9.82. The van der Waals surface area contributed by atoms with Crippen LogP contribution in [0.5, 0.6) is 0 Å². The number of hydrogen-bond donors (Lipinski definition) is 1. The number of rotatable bonds is 2. The molecule has 5 aliphatic rings. The molecule has 1 N–H and O–H groups in total. The quantitative estimate of drug-likeness (QED) is 0.731. The van der Waals surface area contributed by atoms with Crippen LogP contribution in [0.25, 0.3) is 0 Å². The Morgan fingerprint density at radius 3 is 2.24 bits per heavy atom. The highest BCUT2D eigenvalue weighted by Crippen LogP contribution is 2.69. The van der Waals surface area contributed by atoms with Gasteiger partial charge in [0, 0.05) is 10.9 Å². The van der Waals surface area contributed by atoms with Crippen molar-refractivity contribution in [1.29, 1.82) is 0 Å². The van der Waals surface area contributed by atoms with E-state index in [0.717, 1.165) is 31.6 Å². The van der Waals surface area contributed by atoms with Gasteiger partial charge in [-0.05, 0) is 68.1 Å². The fraction of sp³-hybridized carbons (Fsp3) is 0.944. The van der Waals surface area contributed by atoms with Crippen LogP contribution in [0, 0.1) is 22.2 Å². The normalized spacial score (nSPS) is 54.9. The van der Waals surface area contributed by atoms with Gasteiger partial charge in [-0.3, -0.25) is 4.79 Å². The van der Waals surface area contributed by atoms with Crippen molar-refractivity contribution in [3.63, 3.8) is 0 Å². The van der Waals surface area contributed by atoms with E-state index >= 15 is 0 Å². The lowest BCUT2D eigenvalue weighted by atomic mass is 9.40. The minimum Gasteiger partial charge on any atom is -0.352 e. The van der Waals surface area contributed by atoms with Gasteiger partial charge in [-0.25, -0.2) is 0 Å². The molecule has 4 unspecified atom stereocenters. The second-order valence-electron chi connectivity index (χ2n) is 9.44. The molecule has 3 heteroatoms. The summed E-state index contributed by atoms with van der Waals surface area (Å²) < 4.78 is 0. The number of halogens is 1. The first-order valence-corrected chi connectivity index (χ1v) is 9.68. The molecule has 0 aromatic carbocycles. The topological polar surface area (TPSA) is 29.1 Å². The molecule has 1 amide bonds. The SMILES string of the molecule is CC12CC3CC(C)(C1)CC(C(=O)NC1CCCC1Br)(C3)C2. The predicted octanol–water partition coefficient (Wildman–Crippen LogP) is 4.42. The Morgan fingerprint density at radius 1 is 1.05 bits per heavy atom. The highest BCUT2D eigenvalue weighted by molar-refractivity contribution is 9.09.